The van der Waals surface area contributed by atoms with Crippen LogP contribution in [0.25, 0.3) is 0 Å². The third-order valence-corrected chi connectivity index (χ3v) is 7.39. The van der Waals surface area contributed by atoms with Gasteiger partial charge in [-0.05, 0) is 76.8 Å². The molecule has 0 bridgehead atoms. The lowest BCUT2D eigenvalue weighted by Gasteiger charge is -2.40. The molecule has 1 aliphatic rings. The minimum Gasteiger partial charge on any atom is -0.444 e. The van der Waals surface area contributed by atoms with E-state index >= 15 is 0 Å². The van der Waals surface area contributed by atoms with Gasteiger partial charge in [0.05, 0.1) is 0 Å². The molecule has 1 saturated carbocycles. The summed E-state index contributed by atoms with van der Waals surface area (Å²) in [6.07, 6.45) is 12.0. The van der Waals surface area contributed by atoms with Gasteiger partial charge in [-0.2, -0.15) is 0 Å². The Morgan fingerprint density at radius 2 is 1.65 bits per heavy atom. The zero-order valence-electron chi connectivity index (χ0n) is 25.9. The standard InChI is InChI=1S/C33H51N3O4/c1-10-25-16-14-15-19-27(25)29(30(37)34-26-17-12-11-13-18-26)36(24(6)21-20-22(2)3)31(38)28(23(4)5)35-32(39)40-33(7,8)9/h1,14-16,19,22-24,26,28-29H,11-13,17-18,20-21H2,2-9H3,(H,34,37)(H,35,39). The molecule has 3 atom stereocenters. The Morgan fingerprint density at radius 1 is 1.02 bits per heavy atom. The number of carbonyl (C=O) groups excluding carboxylic acids is 3. The minimum absolute atomic E-state index is 0.0606. The van der Waals surface area contributed by atoms with Crippen molar-refractivity contribution in [2.45, 2.75) is 130 Å². The Kier molecular flexibility index (Phi) is 12.5. The van der Waals surface area contributed by atoms with E-state index in [4.69, 9.17) is 11.2 Å². The van der Waals surface area contributed by atoms with E-state index in [2.05, 4.69) is 30.4 Å². The van der Waals surface area contributed by atoms with Crippen LogP contribution in [0.4, 0.5) is 4.79 Å². The number of nitrogens with one attached hydrogen (secondary N) is 2. The molecule has 1 aromatic carbocycles. The van der Waals surface area contributed by atoms with Gasteiger partial charge in [-0.15, -0.1) is 6.42 Å². The van der Waals surface area contributed by atoms with E-state index in [1.807, 2.05) is 39.0 Å². The maximum atomic E-state index is 14.5. The average molecular weight is 554 g/mol. The molecule has 7 heteroatoms. The van der Waals surface area contributed by atoms with Crippen LogP contribution >= 0.6 is 0 Å². The van der Waals surface area contributed by atoms with Crippen LogP contribution in [-0.4, -0.2) is 46.5 Å². The highest BCUT2D eigenvalue weighted by molar-refractivity contribution is 5.93. The number of hydrogen-bond acceptors (Lipinski definition) is 4. The van der Waals surface area contributed by atoms with Gasteiger partial charge < -0.3 is 20.3 Å². The monoisotopic (exact) mass is 553 g/mol. The fourth-order valence-electron chi connectivity index (χ4n) is 5.23. The molecule has 0 aromatic heterocycles. The van der Waals surface area contributed by atoms with Crippen molar-refractivity contribution < 1.29 is 19.1 Å². The fourth-order valence-corrected chi connectivity index (χ4v) is 5.23. The molecule has 222 valence electrons. The lowest BCUT2D eigenvalue weighted by molar-refractivity contribution is -0.146. The summed E-state index contributed by atoms with van der Waals surface area (Å²) in [5, 5.41) is 6.05. The largest absolute Gasteiger partial charge is 0.444 e. The molecule has 2 rings (SSSR count). The second kappa shape index (κ2) is 15.1. The third kappa shape index (κ3) is 9.87. The summed E-state index contributed by atoms with van der Waals surface area (Å²) in [6, 6.07) is 5.26. The molecular weight excluding hydrogens is 502 g/mol. The van der Waals surface area contributed by atoms with Crippen LogP contribution in [0.5, 0.6) is 0 Å². The van der Waals surface area contributed by atoms with Crippen LogP contribution in [0, 0.1) is 24.2 Å². The van der Waals surface area contributed by atoms with Crippen molar-refractivity contribution in [2.24, 2.45) is 11.8 Å². The SMILES string of the molecule is C#Cc1ccccc1C(C(=O)NC1CCCCC1)N(C(=O)C(NC(=O)OC(C)(C)C)C(C)C)C(C)CCC(C)C. The highest BCUT2D eigenvalue weighted by Gasteiger charge is 2.41. The van der Waals surface area contributed by atoms with Crippen molar-refractivity contribution >= 4 is 17.9 Å². The quantitative estimate of drug-likeness (QED) is 0.312. The number of terminal acetylenes is 1. The van der Waals surface area contributed by atoms with Gasteiger partial charge in [0.2, 0.25) is 11.8 Å². The van der Waals surface area contributed by atoms with Gasteiger partial charge in [0.1, 0.15) is 17.7 Å². The number of amides is 3. The van der Waals surface area contributed by atoms with E-state index in [0.717, 1.165) is 32.1 Å². The van der Waals surface area contributed by atoms with Gasteiger partial charge >= 0.3 is 6.09 Å². The Balaban J connectivity index is 2.60. The van der Waals surface area contributed by atoms with Crippen LogP contribution in [0.1, 0.15) is 118 Å². The topological polar surface area (TPSA) is 87.7 Å². The van der Waals surface area contributed by atoms with Gasteiger partial charge in [-0.3, -0.25) is 9.59 Å². The Labute approximate surface area is 242 Å². The van der Waals surface area contributed by atoms with Crippen LogP contribution < -0.4 is 10.6 Å². The maximum Gasteiger partial charge on any atom is 0.408 e. The first-order chi connectivity index (χ1) is 18.7. The molecule has 0 spiro atoms. The second-order valence-corrected chi connectivity index (χ2v) is 12.9. The Bertz CT molecular complexity index is 1030. The van der Waals surface area contributed by atoms with E-state index in [0.29, 0.717) is 23.5 Å². The van der Waals surface area contributed by atoms with E-state index in [1.54, 1.807) is 31.7 Å². The lowest BCUT2D eigenvalue weighted by atomic mass is 9.91. The van der Waals surface area contributed by atoms with Crippen LogP contribution in [-0.2, 0) is 14.3 Å². The third-order valence-electron chi connectivity index (χ3n) is 7.39. The predicted octanol–water partition coefficient (Wildman–Crippen LogP) is 6.36. The van der Waals surface area contributed by atoms with Crippen molar-refractivity contribution in [1.82, 2.24) is 15.5 Å². The Morgan fingerprint density at radius 3 is 2.20 bits per heavy atom. The van der Waals surface area contributed by atoms with Crippen molar-refractivity contribution in [3.63, 3.8) is 0 Å². The number of hydrogen-bond donors (Lipinski definition) is 2. The van der Waals surface area contributed by atoms with E-state index in [9.17, 15) is 14.4 Å². The molecule has 1 aliphatic carbocycles. The molecule has 3 amide bonds. The number of ether oxygens (including phenoxy) is 1. The molecule has 0 heterocycles. The minimum atomic E-state index is -0.939. The first kappa shape index (κ1) is 33.2. The molecule has 40 heavy (non-hydrogen) atoms. The zero-order valence-corrected chi connectivity index (χ0v) is 25.9. The first-order valence-corrected chi connectivity index (χ1v) is 14.9. The highest BCUT2D eigenvalue weighted by Crippen LogP contribution is 2.31. The average Bonchev–Trinajstić information content (AvgIpc) is 2.87. The molecule has 0 aliphatic heterocycles. The normalized spacial score (nSPS) is 16.5. The number of carbonyl (C=O) groups is 3. The molecule has 7 nitrogen and oxygen atoms in total. The summed E-state index contributed by atoms with van der Waals surface area (Å²) >= 11 is 0. The summed E-state index contributed by atoms with van der Waals surface area (Å²) in [7, 11) is 0. The van der Waals surface area contributed by atoms with E-state index < -0.39 is 23.8 Å². The molecule has 0 saturated heterocycles. The summed E-state index contributed by atoms with van der Waals surface area (Å²) in [4.78, 5) is 43.2. The van der Waals surface area contributed by atoms with Gasteiger partial charge in [0.15, 0.2) is 0 Å². The second-order valence-electron chi connectivity index (χ2n) is 12.9. The zero-order chi connectivity index (χ0) is 30.0. The van der Waals surface area contributed by atoms with Gasteiger partial charge in [-0.1, -0.05) is 71.1 Å². The number of alkyl carbamates (subject to hydrolysis) is 1. The van der Waals surface area contributed by atoms with Crippen molar-refractivity contribution in [3.05, 3.63) is 35.4 Å². The van der Waals surface area contributed by atoms with Crippen molar-refractivity contribution in [2.75, 3.05) is 0 Å². The van der Waals surface area contributed by atoms with Gasteiger partial charge in [0, 0.05) is 17.6 Å². The highest BCUT2D eigenvalue weighted by atomic mass is 16.6. The molecule has 1 aromatic rings. The van der Waals surface area contributed by atoms with Crippen molar-refractivity contribution in [3.8, 4) is 12.3 Å². The molecular formula is C33H51N3O4. The van der Waals surface area contributed by atoms with E-state index in [-0.39, 0.29) is 29.8 Å². The number of nitrogens with zero attached hydrogens (tertiary/aromatic N) is 1. The molecule has 0 radical (unpaired) electrons. The van der Waals surface area contributed by atoms with Gasteiger partial charge in [0.25, 0.3) is 0 Å². The number of benzene rings is 1. The molecule has 1 fully saturated rings. The maximum absolute atomic E-state index is 14.5. The van der Waals surface area contributed by atoms with Crippen LogP contribution in [0.15, 0.2) is 24.3 Å². The first-order valence-electron chi connectivity index (χ1n) is 14.9. The summed E-state index contributed by atoms with van der Waals surface area (Å²) in [5.74, 6) is 2.33. The van der Waals surface area contributed by atoms with Crippen LogP contribution in [0.2, 0.25) is 0 Å². The molecule has 3 unspecified atom stereocenters. The van der Waals surface area contributed by atoms with Crippen molar-refractivity contribution in [1.29, 1.82) is 0 Å². The smallest absolute Gasteiger partial charge is 0.408 e. The van der Waals surface area contributed by atoms with Crippen LogP contribution in [0.3, 0.4) is 0 Å². The number of rotatable bonds is 11. The summed E-state index contributed by atoms with van der Waals surface area (Å²) in [6.45, 7) is 15.4. The van der Waals surface area contributed by atoms with E-state index in [1.165, 1.54) is 6.42 Å². The Hall–Kier alpha value is -3.01. The fraction of sp³-hybridized carbons (Fsp3) is 0.667. The lowest BCUT2D eigenvalue weighted by Crippen LogP contribution is -2.57. The summed E-state index contributed by atoms with van der Waals surface area (Å²) in [5.41, 5.74) is 0.469. The summed E-state index contributed by atoms with van der Waals surface area (Å²) < 4.78 is 5.49. The molecule has 2 N–H and O–H groups in total. The predicted molar refractivity (Wildman–Crippen MR) is 161 cm³/mol. The van der Waals surface area contributed by atoms with Gasteiger partial charge in [-0.25, -0.2) is 4.79 Å².